The highest BCUT2D eigenvalue weighted by Crippen LogP contribution is 2.31. The fourth-order valence-electron chi connectivity index (χ4n) is 2.11. The van der Waals surface area contributed by atoms with E-state index in [-0.39, 0.29) is 21.4 Å². The maximum Gasteiger partial charge on any atom is 0.230 e. The molecule has 9 heteroatoms. The fourth-order valence-corrected chi connectivity index (χ4v) is 4.59. The molecule has 0 bridgehead atoms. The van der Waals surface area contributed by atoms with Crippen molar-refractivity contribution < 1.29 is 21.4 Å². The van der Waals surface area contributed by atoms with Gasteiger partial charge in [-0.2, -0.15) is 4.98 Å². The van der Waals surface area contributed by atoms with Crippen molar-refractivity contribution in [3.63, 3.8) is 0 Å². The molecule has 1 unspecified atom stereocenters. The molecule has 0 saturated heterocycles. The van der Waals surface area contributed by atoms with Crippen molar-refractivity contribution in [1.29, 1.82) is 0 Å². The number of hydrogen-bond acceptors (Lipinski definition) is 5. The molecule has 25 heavy (non-hydrogen) atoms. The summed E-state index contributed by atoms with van der Waals surface area (Å²) in [6.07, 6.45) is 1.27. The minimum absolute atomic E-state index is 0.0670. The van der Waals surface area contributed by atoms with Gasteiger partial charge in [0.25, 0.3) is 0 Å². The van der Waals surface area contributed by atoms with Crippen LogP contribution >= 0.6 is 11.6 Å². The Morgan fingerprint density at radius 2 is 1.84 bits per heavy atom. The minimum atomic E-state index is -4.08. The van der Waals surface area contributed by atoms with E-state index < -0.39 is 31.5 Å². The zero-order valence-corrected chi connectivity index (χ0v) is 15.2. The summed E-state index contributed by atoms with van der Waals surface area (Å²) in [5.74, 6) is -0.658. The lowest BCUT2D eigenvalue weighted by molar-refractivity contribution is 0.461. The summed E-state index contributed by atoms with van der Waals surface area (Å²) in [4.78, 5) is 3.90. The standard InChI is InChI=1S/C16H11ClFNO4S2/c1-24(20)16-15(25(21,22)13-7-5-11(17)6-8-13)19-14(23-16)10-3-2-4-12(18)9-10/h2-9H,1H3. The molecule has 130 valence electrons. The summed E-state index contributed by atoms with van der Waals surface area (Å²) >= 11 is 5.78. The summed E-state index contributed by atoms with van der Waals surface area (Å²) in [5, 5.41) is -0.386. The van der Waals surface area contributed by atoms with E-state index in [4.69, 9.17) is 16.0 Å². The van der Waals surface area contributed by atoms with Crippen molar-refractivity contribution in [2.24, 2.45) is 0 Å². The van der Waals surface area contributed by atoms with E-state index in [2.05, 4.69) is 4.98 Å². The van der Waals surface area contributed by atoms with Crippen molar-refractivity contribution in [3.8, 4) is 11.5 Å². The third kappa shape index (κ3) is 3.51. The lowest BCUT2D eigenvalue weighted by Crippen LogP contribution is -2.06. The Kier molecular flexibility index (Phi) is 4.77. The lowest BCUT2D eigenvalue weighted by Gasteiger charge is -2.02. The first-order valence-electron chi connectivity index (χ1n) is 6.90. The number of rotatable bonds is 4. The first-order valence-corrected chi connectivity index (χ1v) is 10.3. The van der Waals surface area contributed by atoms with Gasteiger partial charge in [0.2, 0.25) is 25.8 Å². The average Bonchev–Trinajstić information content (AvgIpc) is 3.02. The van der Waals surface area contributed by atoms with Gasteiger partial charge in [0.1, 0.15) is 5.82 Å². The molecule has 3 aromatic rings. The van der Waals surface area contributed by atoms with Crippen LogP contribution in [0.3, 0.4) is 0 Å². The van der Waals surface area contributed by atoms with E-state index in [1.54, 1.807) is 0 Å². The van der Waals surface area contributed by atoms with Gasteiger partial charge in [-0.15, -0.1) is 0 Å². The van der Waals surface area contributed by atoms with E-state index in [9.17, 15) is 17.0 Å². The molecule has 0 fully saturated rings. The van der Waals surface area contributed by atoms with Crippen molar-refractivity contribution in [2.75, 3.05) is 6.26 Å². The molecule has 0 amide bonds. The number of halogens is 2. The SMILES string of the molecule is CS(=O)c1oc(-c2cccc(F)c2)nc1S(=O)(=O)c1ccc(Cl)cc1. The molecule has 0 aliphatic heterocycles. The summed E-state index contributed by atoms with van der Waals surface area (Å²) in [5.41, 5.74) is 0.240. The van der Waals surface area contributed by atoms with Gasteiger partial charge in [-0.3, -0.25) is 4.21 Å². The number of benzene rings is 2. The van der Waals surface area contributed by atoms with Gasteiger partial charge < -0.3 is 4.42 Å². The van der Waals surface area contributed by atoms with Gasteiger partial charge in [0.05, 0.1) is 15.7 Å². The summed E-state index contributed by atoms with van der Waals surface area (Å²) in [6.45, 7) is 0. The maximum atomic E-state index is 13.4. The lowest BCUT2D eigenvalue weighted by atomic mass is 10.2. The van der Waals surface area contributed by atoms with Crippen molar-refractivity contribution in [3.05, 3.63) is 59.4 Å². The van der Waals surface area contributed by atoms with Crippen molar-refractivity contribution in [1.82, 2.24) is 4.98 Å². The predicted molar refractivity (Wildman–Crippen MR) is 91.1 cm³/mol. The van der Waals surface area contributed by atoms with Crippen molar-refractivity contribution >= 4 is 32.2 Å². The van der Waals surface area contributed by atoms with Crippen LogP contribution in [0.15, 0.2) is 68.0 Å². The second-order valence-electron chi connectivity index (χ2n) is 5.03. The smallest absolute Gasteiger partial charge is 0.230 e. The van der Waals surface area contributed by atoms with Gasteiger partial charge in [-0.1, -0.05) is 17.7 Å². The molecule has 2 aromatic carbocycles. The Bertz CT molecular complexity index is 1060. The Balaban J connectivity index is 2.18. The highest BCUT2D eigenvalue weighted by Gasteiger charge is 2.30. The highest BCUT2D eigenvalue weighted by molar-refractivity contribution is 7.92. The highest BCUT2D eigenvalue weighted by atomic mass is 35.5. The monoisotopic (exact) mass is 399 g/mol. The molecular formula is C16H11ClFNO4S2. The van der Waals surface area contributed by atoms with Gasteiger partial charge >= 0.3 is 0 Å². The number of hydrogen-bond donors (Lipinski definition) is 0. The van der Waals surface area contributed by atoms with Crippen LogP contribution in [0.5, 0.6) is 0 Å². The van der Waals surface area contributed by atoms with E-state index >= 15 is 0 Å². The van der Waals surface area contributed by atoms with Crippen LogP contribution in [0.2, 0.25) is 5.02 Å². The van der Waals surface area contributed by atoms with Crippen LogP contribution in [-0.2, 0) is 20.6 Å². The minimum Gasteiger partial charge on any atom is -0.426 e. The zero-order chi connectivity index (χ0) is 18.2. The van der Waals surface area contributed by atoms with Gasteiger partial charge in [-0.05, 0) is 42.5 Å². The molecule has 0 N–H and O–H groups in total. The van der Waals surface area contributed by atoms with E-state index in [0.717, 1.165) is 6.07 Å². The second kappa shape index (κ2) is 6.70. The number of sulfone groups is 1. The predicted octanol–water partition coefficient (Wildman–Crippen LogP) is 3.70. The van der Waals surface area contributed by atoms with E-state index in [1.165, 1.54) is 48.7 Å². The van der Waals surface area contributed by atoms with Crippen LogP contribution in [0, 0.1) is 5.82 Å². The Hall–Kier alpha value is -2.03. The van der Waals surface area contributed by atoms with Crippen LogP contribution < -0.4 is 0 Å². The first kappa shape index (κ1) is 17.8. The molecule has 1 heterocycles. The maximum absolute atomic E-state index is 13.4. The van der Waals surface area contributed by atoms with Crippen LogP contribution in [0.1, 0.15) is 0 Å². The normalized spacial score (nSPS) is 12.9. The third-order valence-corrected chi connectivity index (χ3v) is 6.14. The molecule has 0 aliphatic carbocycles. The fraction of sp³-hybridized carbons (Fsp3) is 0.0625. The molecule has 0 saturated carbocycles. The van der Waals surface area contributed by atoms with Crippen molar-refractivity contribution in [2.45, 2.75) is 15.0 Å². The summed E-state index contributed by atoms with van der Waals surface area (Å²) < 4.78 is 56.3. The molecule has 0 aliphatic rings. The molecule has 5 nitrogen and oxygen atoms in total. The van der Waals surface area contributed by atoms with Crippen LogP contribution in [0.4, 0.5) is 4.39 Å². The van der Waals surface area contributed by atoms with Gasteiger partial charge in [0, 0.05) is 16.8 Å². The molecular weight excluding hydrogens is 389 g/mol. The quantitative estimate of drug-likeness (QED) is 0.668. The van der Waals surface area contributed by atoms with Crippen LogP contribution in [-0.4, -0.2) is 23.9 Å². The van der Waals surface area contributed by atoms with Crippen LogP contribution in [0.25, 0.3) is 11.5 Å². The van der Waals surface area contributed by atoms with E-state index in [0.29, 0.717) is 5.02 Å². The number of aromatic nitrogens is 1. The number of oxazole rings is 1. The molecule has 0 radical (unpaired) electrons. The molecule has 1 aromatic heterocycles. The molecule has 3 rings (SSSR count). The molecule has 0 spiro atoms. The summed E-state index contributed by atoms with van der Waals surface area (Å²) in [7, 11) is -5.83. The number of nitrogens with zero attached hydrogens (tertiary/aromatic N) is 1. The Labute approximate surface area is 150 Å². The second-order valence-corrected chi connectivity index (χ2v) is 8.61. The largest absolute Gasteiger partial charge is 0.426 e. The first-order chi connectivity index (χ1) is 11.8. The Morgan fingerprint density at radius 1 is 1.16 bits per heavy atom. The zero-order valence-electron chi connectivity index (χ0n) is 12.8. The third-order valence-electron chi connectivity index (χ3n) is 3.28. The molecule has 1 atom stereocenters. The van der Waals surface area contributed by atoms with Gasteiger partial charge in [-0.25, -0.2) is 12.8 Å². The Morgan fingerprint density at radius 3 is 2.44 bits per heavy atom. The average molecular weight is 400 g/mol. The summed E-state index contributed by atoms with van der Waals surface area (Å²) in [6, 6.07) is 10.8. The van der Waals surface area contributed by atoms with E-state index in [1.807, 2.05) is 0 Å². The topological polar surface area (TPSA) is 77.2 Å². The van der Waals surface area contributed by atoms with Gasteiger partial charge in [0.15, 0.2) is 0 Å².